The summed E-state index contributed by atoms with van der Waals surface area (Å²) in [5, 5.41) is 2.86. The Hall–Kier alpha value is -2.34. The van der Waals surface area contributed by atoms with Crippen molar-refractivity contribution in [3.05, 3.63) is 52.5 Å². The zero-order valence-corrected chi connectivity index (χ0v) is 15.9. The molecule has 2 aromatic rings. The lowest BCUT2D eigenvalue weighted by atomic mass is 9.93. The summed E-state index contributed by atoms with van der Waals surface area (Å²) in [4.78, 5) is 26.5. The molecule has 1 heterocycles. The number of carbonyl (C=O) groups is 2. The summed E-state index contributed by atoms with van der Waals surface area (Å²) in [6, 6.07) is 12.5. The maximum atomic E-state index is 12.5. The first-order chi connectivity index (χ1) is 11.8. The molecular formula is C19H19BrN2O3. The van der Waals surface area contributed by atoms with Crippen molar-refractivity contribution in [2.75, 3.05) is 23.9 Å². The fourth-order valence-electron chi connectivity index (χ4n) is 2.70. The molecule has 0 unspecified atom stereocenters. The minimum Gasteiger partial charge on any atom is -0.490 e. The fourth-order valence-corrected chi connectivity index (χ4v) is 3.10. The van der Waals surface area contributed by atoms with Crippen LogP contribution in [0.15, 0.2) is 46.9 Å². The van der Waals surface area contributed by atoms with Gasteiger partial charge in [-0.3, -0.25) is 9.59 Å². The van der Waals surface area contributed by atoms with Crippen LogP contribution in [0.1, 0.15) is 24.2 Å². The van der Waals surface area contributed by atoms with Crippen molar-refractivity contribution in [1.82, 2.24) is 0 Å². The van der Waals surface area contributed by atoms with Gasteiger partial charge in [0.05, 0.1) is 11.1 Å². The first-order valence-corrected chi connectivity index (χ1v) is 8.69. The van der Waals surface area contributed by atoms with Gasteiger partial charge < -0.3 is 15.0 Å². The van der Waals surface area contributed by atoms with E-state index < -0.39 is 5.41 Å². The highest BCUT2D eigenvalue weighted by molar-refractivity contribution is 9.10. The Morgan fingerprint density at radius 1 is 1.24 bits per heavy atom. The summed E-state index contributed by atoms with van der Waals surface area (Å²) in [7, 11) is 1.73. The molecule has 0 atom stereocenters. The van der Waals surface area contributed by atoms with E-state index in [1.54, 1.807) is 42.3 Å². The van der Waals surface area contributed by atoms with E-state index in [4.69, 9.17) is 4.74 Å². The van der Waals surface area contributed by atoms with Gasteiger partial charge in [0.1, 0.15) is 12.4 Å². The van der Waals surface area contributed by atoms with Crippen LogP contribution < -0.4 is 15.0 Å². The summed E-state index contributed by atoms with van der Waals surface area (Å²) < 4.78 is 6.67. The van der Waals surface area contributed by atoms with Gasteiger partial charge in [-0.05, 0) is 44.2 Å². The summed E-state index contributed by atoms with van der Waals surface area (Å²) >= 11 is 3.36. The Morgan fingerprint density at radius 2 is 2.00 bits per heavy atom. The number of benzene rings is 2. The van der Waals surface area contributed by atoms with E-state index in [0.717, 1.165) is 4.47 Å². The predicted molar refractivity (Wildman–Crippen MR) is 101 cm³/mol. The molecule has 5 nitrogen and oxygen atoms in total. The summed E-state index contributed by atoms with van der Waals surface area (Å²) in [5.41, 5.74) is 1.26. The molecule has 1 aliphatic heterocycles. The molecule has 0 fully saturated rings. The molecule has 6 heteroatoms. The smallest absolute Gasteiger partial charge is 0.255 e. The molecular weight excluding hydrogens is 384 g/mol. The van der Waals surface area contributed by atoms with E-state index in [1.165, 1.54) is 0 Å². The SMILES string of the molecule is CN1C(=O)C(C)(C)COc2cc(NC(=O)c3cccc(Br)c3)ccc21. The average molecular weight is 403 g/mol. The van der Waals surface area contributed by atoms with Gasteiger partial charge in [-0.1, -0.05) is 22.0 Å². The van der Waals surface area contributed by atoms with E-state index in [0.29, 0.717) is 22.7 Å². The van der Waals surface area contributed by atoms with Crippen LogP contribution in [0, 0.1) is 5.41 Å². The first-order valence-electron chi connectivity index (χ1n) is 7.90. The van der Waals surface area contributed by atoms with E-state index in [2.05, 4.69) is 21.2 Å². The molecule has 0 radical (unpaired) electrons. The number of nitrogens with zero attached hydrogens (tertiary/aromatic N) is 1. The van der Waals surface area contributed by atoms with Crippen molar-refractivity contribution in [2.45, 2.75) is 13.8 Å². The van der Waals surface area contributed by atoms with Crippen LogP contribution in [0.4, 0.5) is 11.4 Å². The Balaban J connectivity index is 1.86. The third-order valence-corrected chi connectivity index (χ3v) is 4.63. The Kier molecular flexibility index (Phi) is 4.56. The highest BCUT2D eigenvalue weighted by Gasteiger charge is 2.36. The number of hydrogen-bond donors (Lipinski definition) is 1. The molecule has 0 saturated heterocycles. The first kappa shape index (κ1) is 17.5. The molecule has 2 aromatic carbocycles. The van der Waals surface area contributed by atoms with Crippen LogP contribution in [0.3, 0.4) is 0 Å². The fraction of sp³-hybridized carbons (Fsp3) is 0.263. The van der Waals surface area contributed by atoms with Crippen molar-refractivity contribution in [3.63, 3.8) is 0 Å². The van der Waals surface area contributed by atoms with Gasteiger partial charge >= 0.3 is 0 Å². The maximum Gasteiger partial charge on any atom is 0.255 e. The van der Waals surface area contributed by atoms with Gasteiger partial charge in [-0.25, -0.2) is 0 Å². The van der Waals surface area contributed by atoms with Crippen molar-refractivity contribution >= 4 is 39.1 Å². The van der Waals surface area contributed by atoms with Crippen molar-refractivity contribution in [2.24, 2.45) is 5.41 Å². The molecule has 1 N–H and O–H groups in total. The van der Waals surface area contributed by atoms with Crippen LogP contribution in [-0.4, -0.2) is 25.5 Å². The third kappa shape index (κ3) is 3.54. The molecule has 130 valence electrons. The summed E-state index contributed by atoms with van der Waals surface area (Å²) in [6.07, 6.45) is 0. The van der Waals surface area contributed by atoms with Crippen molar-refractivity contribution in [3.8, 4) is 5.75 Å². The monoisotopic (exact) mass is 402 g/mol. The number of fused-ring (bicyclic) bond motifs is 1. The highest BCUT2D eigenvalue weighted by atomic mass is 79.9. The standard InChI is InChI=1S/C19H19BrN2O3/c1-19(2)11-25-16-10-14(7-8-15(16)22(3)18(19)24)21-17(23)12-5-4-6-13(20)9-12/h4-10H,11H2,1-3H3,(H,21,23). The lowest BCUT2D eigenvalue weighted by molar-refractivity contribution is -0.127. The summed E-state index contributed by atoms with van der Waals surface area (Å²) in [5.74, 6) is 0.366. The van der Waals surface area contributed by atoms with E-state index in [9.17, 15) is 9.59 Å². The average Bonchev–Trinajstić information content (AvgIpc) is 2.66. The quantitative estimate of drug-likeness (QED) is 0.822. The van der Waals surface area contributed by atoms with Crippen LogP contribution in [0.5, 0.6) is 5.75 Å². The molecule has 3 rings (SSSR count). The highest BCUT2D eigenvalue weighted by Crippen LogP contribution is 2.37. The van der Waals surface area contributed by atoms with E-state index in [-0.39, 0.29) is 18.4 Å². The number of hydrogen-bond acceptors (Lipinski definition) is 3. The number of ether oxygens (including phenoxy) is 1. The van der Waals surface area contributed by atoms with Crippen molar-refractivity contribution in [1.29, 1.82) is 0 Å². The second-order valence-electron chi connectivity index (χ2n) is 6.68. The molecule has 0 saturated carbocycles. The van der Waals surface area contributed by atoms with Gasteiger partial charge in [0.15, 0.2) is 0 Å². The maximum absolute atomic E-state index is 12.5. The third-order valence-electron chi connectivity index (χ3n) is 4.14. The van der Waals surface area contributed by atoms with Crippen LogP contribution in [-0.2, 0) is 4.79 Å². The van der Waals surface area contributed by atoms with Crippen molar-refractivity contribution < 1.29 is 14.3 Å². The van der Waals surface area contributed by atoms with Gasteiger partial charge in [0.25, 0.3) is 5.91 Å². The van der Waals surface area contributed by atoms with E-state index in [1.807, 2.05) is 26.0 Å². The second kappa shape index (κ2) is 6.52. The molecule has 0 bridgehead atoms. The molecule has 0 spiro atoms. The number of anilines is 2. The van der Waals surface area contributed by atoms with Gasteiger partial charge in [0.2, 0.25) is 5.91 Å². The Morgan fingerprint density at radius 3 is 2.72 bits per heavy atom. The lowest BCUT2D eigenvalue weighted by Gasteiger charge is -2.24. The summed E-state index contributed by atoms with van der Waals surface area (Å²) in [6.45, 7) is 3.99. The van der Waals surface area contributed by atoms with Crippen LogP contribution in [0.25, 0.3) is 0 Å². The van der Waals surface area contributed by atoms with Gasteiger partial charge in [-0.15, -0.1) is 0 Å². The molecule has 0 aromatic heterocycles. The Labute approximate surface area is 155 Å². The number of halogens is 1. The molecule has 0 aliphatic carbocycles. The molecule has 1 aliphatic rings. The molecule has 2 amide bonds. The number of rotatable bonds is 2. The Bertz CT molecular complexity index is 848. The van der Waals surface area contributed by atoms with Gasteiger partial charge in [-0.2, -0.15) is 0 Å². The topological polar surface area (TPSA) is 58.6 Å². The zero-order valence-electron chi connectivity index (χ0n) is 14.3. The number of amides is 2. The number of nitrogens with one attached hydrogen (secondary N) is 1. The van der Waals surface area contributed by atoms with E-state index >= 15 is 0 Å². The zero-order chi connectivity index (χ0) is 18.2. The predicted octanol–water partition coefficient (Wildman–Crippen LogP) is 4.08. The second-order valence-corrected chi connectivity index (χ2v) is 7.60. The number of carbonyl (C=O) groups excluding carboxylic acids is 2. The normalized spacial score (nSPS) is 15.8. The van der Waals surface area contributed by atoms with Gasteiger partial charge in [0, 0.05) is 28.8 Å². The largest absolute Gasteiger partial charge is 0.490 e. The lowest BCUT2D eigenvalue weighted by Crippen LogP contribution is -2.39. The minimum atomic E-state index is -0.604. The molecule has 25 heavy (non-hydrogen) atoms. The van der Waals surface area contributed by atoms with Crippen LogP contribution in [0.2, 0.25) is 0 Å². The minimum absolute atomic E-state index is 0.00262. The van der Waals surface area contributed by atoms with Crippen LogP contribution >= 0.6 is 15.9 Å².